The van der Waals surface area contributed by atoms with E-state index in [0.717, 1.165) is 51.4 Å². The summed E-state index contributed by atoms with van der Waals surface area (Å²) >= 11 is 0. The summed E-state index contributed by atoms with van der Waals surface area (Å²) in [7, 11) is -5.32. The highest BCUT2D eigenvalue weighted by Gasteiger charge is 2.55. The zero-order chi connectivity index (χ0) is 44.5. The molecule has 13 atom stereocenters. The number of hydrogen-bond donors (Lipinski definition) is 9. The van der Waals surface area contributed by atoms with Crippen molar-refractivity contribution in [3.8, 4) is 0 Å². The summed E-state index contributed by atoms with van der Waals surface area (Å²) in [5.74, 6) is -1.19. The summed E-state index contributed by atoms with van der Waals surface area (Å²) < 4.78 is 45.5. The van der Waals surface area contributed by atoms with E-state index in [9.17, 15) is 54.8 Å². The van der Waals surface area contributed by atoms with Crippen LogP contribution in [0.5, 0.6) is 0 Å². The van der Waals surface area contributed by atoms with E-state index in [1.54, 1.807) is 0 Å². The Bertz CT molecular complexity index is 1200. The minimum Gasteiger partial charge on any atom is -0.462 e. The molecule has 2 fully saturated rings. The number of nitrogens with two attached hydrogens (primary N) is 1. The summed E-state index contributed by atoms with van der Waals surface area (Å²) in [5, 5.41) is 72.5. The van der Waals surface area contributed by atoms with E-state index in [0.29, 0.717) is 12.8 Å². The molecule has 0 aromatic rings. The molecule has 1 heterocycles. The molecular formula is C41H78NO17P. The van der Waals surface area contributed by atoms with Crippen LogP contribution in [0.3, 0.4) is 0 Å². The molecule has 1 aliphatic heterocycles. The molecule has 1 saturated carbocycles. The Kier molecular flexibility index (Phi) is 28.0. The summed E-state index contributed by atoms with van der Waals surface area (Å²) in [5.41, 5.74) is 5.93. The standard InChI is InChI=1S/C41H78NO17P/c1-3-5-7-9-11-13-15-17-19-21-23-30(44)54-26-28(56-31(45)24-22-20-18-16-14-12-10-8-6-4-2)27-55-60(52,53)59-40-38(51)36(49)35(48)37(50)39(40)58-41-32(42)34(47)33(46)29(25-43)57-41/h28-29,32-41,43,46-51H,3-27,42H2,1-2H3,(H,52,53)/t28-,29-,32-,33-,34-,35-,36-,37+,38-,39-,40-,41-/m1/s1. The van der Waals surface area contributed by atoms with E-state index in [2.05, 4.69) is 13.8 Å². The van der Waals surface area contributed by atoms with Gasteiger partial charge in [-0.25, -0.2) is 4.57 Å². The first-order valence-electron chi connectivity index (χ1n) is 22.4. The number of aliphatic hydroxyl groups is 7. The number of phosphoric acid groups is 1. The van der Waals surface area contributed by atoms with Gasteiger partial charge in [0, 0.05) is 12.8 Å². The molecule has 60 heavy (non-hydrogen) atoms. The van der Waals surface area contributed by atoms with E-state index >= 15 is 0 Å². The minimum absolute atomic E-state index is 0.0481. The molecule has 0 bridgehead atoms. The Morgan fingerprint density at radius 1 is 0.617 bits per heavy atom. The second-order valence-electron chi connectivity index (χ2n) is 16.3. The number of aliphatic hydroxyl groups excluding tert-OH is 7. The molecule has 1 saturated heterocycles. The molecule has 10 N–H and O–H groups in total. The number of unbranched alkanes of at least 4 members (excludes halogenated alkanes) is 18. The van der Waals surface area contributed by atoms with Gasteiger partial charge in [0.1, 0.15) is 61.5 Å². The number of phosphoric ester groups is 1. The molecule has 354 valence electrons. The van der Waals surface area contributed by atoms with Crippen LogP contribution in [0.1, 0.15) is 155 Å². The van der Waals surface area contributed by atoms with Gasteiger partial charge in [-0.2, -0.15) is 0 Å². The third-order valence-corrected chi connectivity index (χ3v) is 12.1. The van der Waals surface area contributed by atoms with Crippen molar-refractivity contribution in [1.82, 2.24) is 0 Å². The Labute approximate surface area is 356 Å². The molecule has 18 nitrogen and oxygen atoms in total. The fourth-order valence-corrected chi connectivity index (χ4v) is 8.30. The van der Waals surface area contributed by atoms with Crippen LogP contribution in [-0.4, -0.2) is 146 Å². The van der Waals surface area contributed by atoms with Crippen LogP contribution >= 0.6 is 7.82 Å². The van der Waals surface area contributed by atoms with E-state index in [-0.39, 0.29) is 12.8 Å². The van der Waals surface area contributed by atoms with Crippen LogP contribution in [0, 0.1) is 0 Å². The third kappa shape index (κ3) is 20.4. The summed E-state index contributed by atoms with van der Waals surface area (Å²) in [6.45, 7) is 2.26. The van der Waals surface area contributed by atoms with Crippen LogP contribution in [0.15, 0.2) is 0 Å². The van der Waals surface area contributed by atoms with Crippen molar-refractivity contribution in [2.45, 2.75) is 228 Å². The predicted molar refractivity (Wildman–Crippen MR) is 219 cm³/mol. The van der Waals surface area contributed by atoms with Crippen molar-refractivity contribution in [2.24, 2.45) is 5.73 Å². The lowest BCUT2D eigenvalue weighted by molar-refractivity contribution is -0.315. The lowest BCUT2D eigenvalue weighted by atomic mass is 9.84. The number of carbonyl (C=O) groups excluding carboxylic acids is 2. The molecule has 2 aliphatic rings. The van der Waals surface area contributed by atoms with Crippen LogP contribution in [0.25, 0.3) is 0 Å². The summed E-state index contributed by atoms with van der Waals surface area (Å²) in [6.07, 6.45) is 1.18. The minimum atomic E-state index is -5.32. The van der Waals surface area contributed by atoms with Gasteiger partial charge in [0.2, 0.25) is 0 Å². The zero-order valence-corrected chi connectivity index (χ0v) is 36.8. The van der Waals surface area contributed by atoms with E-state index in [1.165, 1.54) is 64.2 Å². The number of rotatable bonds is 33. The molecule has 0 radical (unpaired) electrons. The number of hydrogen-bond acceptors (Lipinski definition) is 17. The van der Waals surface area contributed by atoms with Gasteiger partial charge in [-0.1, -0.05) is 129 Å². The smallest absolute Gasteiger partial charge is 0.462 e. The average Bonchev–Trinajstić information content (AvgIpc) is 3.22. The lowest BCUT2D eigenvalue weighted by Crippen LogP contribution is -2.68. The first kappa shape index (κ1) is 54.8. The van der Waals surface area contributed by atoms with Crippen LogP contribution < -0.4 is 5.73 Å². The Morgan fingerprint density at radius 2 is 1.07 bits per heavy atom. The van der Waals surface area contributed by atoms with Gasteiger partial charge in [0.25, 0.3) is 0 Å². The predicted octanol–water partition coefficient (Wildman–Crippen LogP) is 3.17. The van der Waals surface area contributed by atoms with Gasteiger partial charge in [-0.15, -0.1) is 0 Å². The van der Waals surface area contributed by atoms with Crippen molar-refractivity contribution in [1.29, 1.82) is 0 Å². The molecule has 0 amide bonds. The van der Waals surface area contributed by atoms with Gasteiger partial charge in [0.05, 0.1) is 19.3 Å². The van der Waals surface area contributed by atoms with Crippen molar-refractivity contribution in [3.05, 3.63) is 0 Å². The van der Waals surface area contributed by atoms with Crippen molar-refractivity contribution in [3.63, 3.8) is 0 Å². The van der Waals surface area contributed by atoms with E-state index in [4.69, 9.17) is 33.7 Å². The van der Waals surface area contributed by atoms with Gasteiger partial charge in [0.15, 0.2) is 12.4 Å². The topological polar surface area (TPSA) is 294 Å². The maximum absolute atomic E-state index is 13.3. The lowest BCUT2D eigenvalue weighted by Gasteiger charge is -2.47. The van der Waals surface area contributed by atoms with Crippen molar-refractivity contribution < 1.29 is 82.8 Å². The summed E-state index contributed by atoms with van der Waals surface area (Å²) in [4.78, 5) is 36.3. The molecule has 1 aliphatic carbocycles. The second-order valence-corrected chi connectivity index (χ2v) is 17.7. The first-order chi connectivity index (χ1) is 28.7. The zero-order valence-electron chi connectivity index (χ0n) is 35.9. The van der Waals surface area contributed by atoms with Crippen LogP contribution in [-0.2, 0) is 42.1 Å². The van der Waals surface area contributed by atoms with Crippen molar-refractivity contribution in [2.75, 3.05) is 19.8 Å². The largest absolute Gasteiger partial charge is 0.472 e. The Morgan fingerprint density at radius 3 is 1.55 bits per heavy atom. The van der Waals surface area contributed by atoms with Gasteiger partial charge in [-0.3, -0.25) is 18.6 Å². The Hall–Kier alpha value is -1.35. The first-order valence-corrected chi connectivity index (χ1v) is 23.9. The summed E-state index contributed by atoms with van der Waals surface area (Å²) in [6, 6.07) is -1.52. The number of esters is 2. The molecule has 19 heteroatoms. The van der Waals surface area contributed by atoms with E-state index < -0.39 is 113 Å². The number of carbonyl (C=O) groups is 2. The molecule has 0 aromatic heterocycles. The fourth-order valence-electron chi connectivity index (χ4n) is 7.34. The molecule has 2 rings (SSSR count). The van der Waals surface area contributed by atoms with E-state index in [1.807, 2.05) is 0 Å². The van der Waals surface area contributed by atoms with Gasteiger partial charge >= 0.3 is 19.8 Å². The van der Waals surface area contributed by atoms with Crippen LogP contribution in [0.4, 0.5) is 0 Å². The molecule has 0 aromatic carbocycles. The fraction of sp³-hybridized carbons (Fsp3) is 0.951. The monoisotopic (exact) mass is 888 g/mol. The molecular weight excluding hydrogens is 809 g/mol. The van der Waals surface area contributed by atoms with Crippen molar-refractivity contribution >= 4 is 19.8 Å². The highest BCUT2D eigenvalue weighted by molar-refractivity contribution is 7.47. The Balaban J connectivity index is 2.02. The maximum atomic E-state index is 13.3. The number of ether oxygens (including phenoxy) is 4. The normalized spacial score (nSPS) is 29.8. The SMILES string of the molecule is CCCCCCCCCCCCC(=O)OC[C@H](COP(=O)(O)O[C@@H]1[C@H](O)[C@H](O)[C@@H](O)[C@H](O)[C@H]1O[C@H]1O[C@H](CO)[C@@H](O)[C@H](O)[C@H]1N)OC(=O)CCCCCCCCCCCC. The molecule has 1 unspecified atom stereocenters. The average molecular weight is 888 g/mol. The van der Waals surface area contributed by atoms with Gasteiger partial charge < -0.3 is 65.3 Å². The van der Waals surface area contributed by atoms with Gasteiger partial charge in [-0.05, 0) is 12.8 Å². The third-order valence-electron chi connectivity index (χ3n) is 11.1. The quantitative estimate of drug-likeness (QED) is 0.0260. The maximum Gasteiger partial charge on any atom is 0.472 e. The molecule has 0 spiro atoms. The second kappa shape index (κ2) is 30.7. The van der Waals surface area contributed by atoms with Crippen LogP contribution in [0.2, 0.25) is 0 Å². The highest BCUT2D eigenvalue weighted by atomic mass is 31.2. The highest BCUT2D eigenvalue weighted by Crippen LogP contribution is 2.48.